The van der Waals surface area contributed by atoms with Gasteiger partial charge in [-0.15, -0.1) is 6.58 Å². The topological polar surface area (TPSA) is 55.2 Å². The van der Waals surface area contributed by atoms with Crippen molar-refractivity contribution in [1.29, 1.82) is 0 Å². The van der Waals surface area contributed by atoms with Crippen molar-refractivity contribution in [3.63, 3.8) is 0 Å². The predicted octanol–water partition coefficient (Wildman–Crippen LogP) is 1.91. The summed E-state index contributed by atoms with van der Waals surface area (Å²) < 4.78 is 0. The van der Waals surface area contributed by atoms with Gasteiger partial charge in [0.25, 0.3) is 5.69 Å². The number of nitrogens with zero attached hydrogens (tertiary/aromatic N) is 1. The lowest BCUT2D eigenvalue weighted by atomic mass is 10.1. The Morgan fingerprint density at radius 1 is 1.47 bits per heavy atom. The van der Waals surface area contributed by atoms with Gasteiger partial charge >= 0.3 is 0 Å². The van der Waals surface area contributed by atoms with Crippen molar-refractivity contribution < 1.29 is 4.92 Å². The van der Waals surface area contributed by atoms with Crippen molar-refractivity contribution in [3.8, 4) is 0 Å². The second kappa shape index (κ2) is 5.93. The van der Waals surface area contributed by atoms with Crippen LogP contribution in [0.3, 0.4) is 0 Å². The van der Waals surface area contributed by atoms with Gasteiger partial charge in [-0.25, -0.2) is 0 Å². The molecule has 0 spiro atoms. The fraction of sp³-hybridized carbons (Fsp3) is 0.273. The SMILES string of the molecule is C=CCNCCc1ccccc1[N+](=O)[O-]. The largest absolute Gasteiger partial charge is 0.313 e. The molecule has 0 aliphatic heterocycles. The average Bonchev–Trinajstić information content (AvgIpc) is 2.25. The van der Waals surface area contributed by atoms with Crippen LogP contribution in [-0.4, -0.2) is 18.0 Å². The Kier molecular flexibility index (Phi) is 4.50. The number of nitro benzene ring substituents is 1. The fourth-order valence-electron chi connectivity index (χ4n) is 1.33. The molecule has 15 heavy (non-hydrogen) atoms. The van der Waals surface area contributed by atoms with Gasteiger partial charge in [-0.05, 0) is 13.0 Å². The molecule has 0 fully saturated rings. The van der Waals surface area contributed by atoms with Crippen molar-refractivity contribution in [2.24, 2.45) is 0 Å². The molecule has 1 aromatic carbocycles. The zero-order chi connectivity index (χ0) is 11.1. The molecule has 80 valence electrons. The zero-order valence-corrected chi connectivity index (χ0v) is 8.48. The van der Waals surface area contributed by atoms with E-state index < -0.39 is 0 Å². The van der Waals surface area contributed by atoms with Gasteiger partial charge < -0.3 is 5.32 Å². The smallest absolute Gasteiger partial charge is 0.272 e. The minimum atomic E-state index is -0.344. The van der Waals surface area contributed by atoms with E-state index in [0.717, 1.165) is 18.7 Å². The first kappa shape index (κ1) is 11.4. The van der Waals surface area contributed by atoms with E-state index in [4.69, 9.17) is 0 Å². The van der Waals surface area contributed by atoms with Gasteiger partial charge in [0.05, 0.1) is 4.92 Å². The minimum absolute atomic E-state index is 0.193. The maximum atomic E-state index is 10.7. The molecule has 1 N–H and O–H groups in total. The number of hydrogen-bond acceptors (Lipinski definition) is 3. The second-order valence-corrected chi connectivity index (χ2v) is 3.13. The van der Waals surface area contributed by atoms with Gasteiger partial charge in [-0.3, -0.25) is 10.1 Å². The first-order chi connectivity index (χ1) is 7.25. The van der Waals surface area contributed by atoms with Gasteiger partial charge in [0.2, 0.25) is 0 Å². The maximum absolute atomic E-state index is 10.7. The Morgan fingerprint density at radius 3 is 2.87 bits per heavy atom. The number of rotatable bonds is 6. The van der Waals surface area contributed by atoms with Gasteiger partial charge in [-0.2, -0.15) is 0 Å². The molecular formula is C11H14N2O2. The number of nitro groups is 1. The van der Waals surface area contributed by atoms with Crippen molar-refractivity contribution in [2.75, 3.05) is 13.1 Å². The Labute approximate surface area is 88.8 Å². The van der Waals surface area contributed by atoms with Crippen molar-refractivity contribution in [1.82, 2.24) is 5.32 Å². The van der Waals surface area contributed by atoms with Crippen LogP contribution in [0.25, 0.3) is 0 Å². The van der Waals surface area contributed by atoms with Crippen LogP contribution in [0.1, 0.15) is 5.56 Å². The van der Waals surface area contributed by atoms with E-state index in [0.29, 0.717) is 6.42 Å². The standard InChI is InChI=1S/C11H14N2O2/c1-2-8-12-9-7-10-5-3-4-6-11(10)13(14)15/h2-6,12H,1,7-9H2. The molecular weight excluding hydrogens is 192 g/mol. The summed E-state index contributed by atoms with van der Waals surface area (Å²) in [5.74, 6) is 0. The van der Waals surface area contributed by atoms with E-state index in [2.05, 4.69) is 11.9 Å². The third-order valence-corrected chi connectivity index (χ3v) is 2.05. The van der Waals surface area contributed by atoms with Gasteiger partial charge in [0, 0.05) is 18.2 Å². The summed E-state index contributed by atoms with van der Waals surface area (Å²) in [6.45, 7) is 5.02. The van der Waals surface area contributed by atoms with E-state index in [1.165, 1.54) is 6.07 Å². The monoisotopic (exact) mass is 206 g/mol. The van der Waals surface area contributed by atoms with Crippen LogP contribution in [-0.2, 0) is 6.42 Å². The summed E-state index contributed by atoms with van der Waals surface area (Å²) >= 11 is 0. The number of nitrogens with one attached hydrogen (secondary N) is 1. The molecule has 0 aliphatic carbocycles. The summed E-state index contributed by atoms with van der Waals surface area (Å²) in [6, 6.07) is 6.81. The lowest BCUT2D eigenvalue weighted by Crippen LogP contribution is -2.17. The van der Waals surface area contributed by atoms with Crippen LogP contribution >= 0.6 is 0 Å². The highest BCUT2D eigenvalue weighted by molar-refractivity contribution is 5.39. The number of hydrogen-bond donors (Lipinski definition) is 1. The highest BCUT2D eigenvalue weighted by Crippen LogP contribution is 2.17. The first-order valence-electron chi connectivity index (χ1n) is 4.79. The highest BCUT2D eigenvalue weighted by Gasteiger charge is 2.10. The molecule has 1 rings (SSSR count). The van der Waals surface area contributed by atoms with Crippen LogP contribution in [0.5, 0.6) is 0 Å². The maximum Gasteiger partial charge on any atom is 0.272 e. The molecule has 0 radical (unpaired) electrons. The summed E-state index contributed by atoms with van der Waals surface area (Å²) in [6.07, 6.45) is 2.42. The molecule has 1 aromatic rings. The minimum Gasteiger partial charge on any atom is -0.313 e. The van der Waals surface area contributed by atoms with Crippen LogP contribution in [0.4, 0.5) is 5.69 Å². The summed E-state index contributed by atoms with van der Waals surface area (Å²) in [7, 11) is 0. The van der Waals surface area contributed by atoms with Crippen molar-refractivity contribution in [3.05, 3.63) is 52.6 Å². The third-order valence-electron chi connectivity index (χ3n) is 2.05. The number of benzene rings is 1. The molecule has 4 heteroatoms. The fourth-order valence-corrected chi connectivity index (χ4v) is 1.33. The predicted molar refractivity (Wildman–Crippen MR) is 59.9 cm³/mol. The molecule has 0 aliphatic rings. The lowest BCUT2D eigenvalue weighted by molar-refractivity contribution is -0.385. The Morgan fingerprint density at radius 2 is 2.20 bits per heavy atom. The Hall–Kier alpha value is -1.68. The molecule has 0 heterocycles. The zero-order valence-electron chi connectivity index (χ0n) is 8.48. The molecule has 0 unspecified atom stereocenters. The van der Waals surface area contributed by atoms with Crippen LogP contribution in [0.15, 0.2) is 36.9 Å². The summed E-state index contributed by atoms with van der Waals surface area (Å²) in [5, 5.41) is 13.8. The van der Waals surface area contributed by atoms with Gasteiger partial charge in [0.1, 0.15) is 0 Å². The number of para-hydroxylation sites is 1. The quantitative estimate of drug-likeness (QED) is 0.335. The second-order valence-electron chi connectivity index (χ2n) is 3.13. The molecule has 0 atom stereocenters. The van der Waals surface area contributed by atoms with Crippen molar-refractivity contribution >= 4 is 5.69 Å². The summed E-state index contributed by atoms with van der Waals surface area (Å²) in [5.41, 5.74) is 0.956. The third kappa shape index (κ3) is 3.52. The molecule has 0 saturated heterocycles. The van der Waals surface area contributed by atoms with Crippen molar-refractivity contribution in [2.45, 2.75) is 6.42 Å². The Bertz CT molecular complexity index is 350. The van der Waals surface area contributed by atoms with Crippen LogP contribution < -0.4 is 5.32 Å². The lowest BCUT2D eigenvalue weighted by Gasteiger charge is -2.03. The normalized spacial score (nSPS) is 9.87. The van der Waals surface area contributed by atoms with Gasteiger partial charge in [0.15, 0.2) is 0 Å². The molecule has 0 amide bonds. The molecule has 4 nitrogen and oxygen atoms in total. The summed E-state index contributed by atoms with van der Waals surface area (Å²) in [4.78, 5) is 10.3. The van der Waals surface area contributed by atoms with E-state index in [9.17, 15) is 10.1 Å². The first-order valence-corrected chi connectivity index (χ1v) is 4.79. The molecule has 0 aromatic heterocycles. The van der Waals surface area contributed by atoms with E-state index >= 15 is 0 Å². The highest BCUT2D eigenvalue weighted by atomic mass is 16.6. The van der Waals surface area contributed by atoms with Crippen LogP contribution in [0.2, 0.25) is 0 Å². The molecule has 0 saturated carbocycles. The van der Waals surface area contributed by atoms with E-state index in [1.54, 1.807) is 18.2 Å². The van der Waals surface area contributed by atoms with Gasteiger partial charge in [-0.1, -0.05) is 24.3 Å². The Balaban J connectivity index is 2.59. The molecule has 0 bridgehead atoms. The van der Waals surface area contributed by atoms with E-state index in [1.807, 2.05) is 6.07 Å². The average molecular weight is 206 g/mol. The van der Waals surface area contributed by atoms with Crippen LogP contribution in [0, 0.1) is 10.1 Å². The van der Waals surface area contributed by atoms with E-state index in [-0.39, 0.29) is 10.6 Å².